The van der Waals surface area contributed by atoms with Crippen molar-refractivity contribution < 1.29 is 9.90 Å². The van der Waals surface area contributed by atoms with Gasteiger partial charge in [0.05, 0.1) is 5.56 Å². The fourth-order valence-electron chi connectivity index (χ4n) is 1.04. The van der Waals surface area contributed by atoms with Crippen LogP contribution in [0, 0.1) is 0 Å². The highest BCUT2D eigenvalue weighted by Gasteiger charge is 2.05. The lowest BCUT2D eigenvalue weighted by Gasteiger charge is -2.00. The van der Waals surface area contributed by atoms with Crippen molar-refractivity contribution in [3.8, 4) is 0 Å². The van der Waals surface area contributed by atoms with Gasteiger partial charge in [-0.2, -0.15) is 0 Å². The Morgan fingerprint density at radius 2 is 2.09 bits per heavy atom. The van der Waals surface area contributed by atoms with Gasteiger partial charge in [0.2, 0.25) is 0 Å². The van der Waals surface area contributed by atoms with Crippen molar-refractivity contribution in [2.75, 3.05) is 0 Å². The van der Waals surface area contributed by atoms with Gasteiger partial charge >= 0.3 is 5.97 Å². The van der Waals surface area contributed by atoms with Gasteiger partial charge in [-0.05, 0) is 17.7 Å². The second-order valence-electron chi connectivity index (χ2n) is 2.32. The maximum absolute atomic E-state index is 10.6. The third kappa shape index (κ3) is 1.68. The lowest BCUT2D eigenvalue weighted by molar-refractivity contribution is 0.0696. The van der Waals surface area contributed by atoms with E-state index in [-0.39, 0.29) is 0 Å². The summed E-state index contributed by atoms with van der Waals surface area (Å²) in [5.74, 6) is -0.823. The monoisotopic (exact) mass is 166 g/mol. The van der Waals surface area contributed by atoms with Crippen LogP contribution in [0.1, 0.15) is 15.9 Å². The Labute approximate surface area is 68.3 Å². The van der Waals surface area contributed by atoms with Gasteiger partial charge in [0, 0.05) is 10.2 Å². The second-order valence-corrected chi connectivity index (χ2v) is 3.02. The van der Waals surface area contributed by atoms with Gasteiger partial charge in [-0.15, -0.1) is 0 Å². The van der Waals surface area contributed by atoms with E-state index in [2.05, 4.69) is 0 Å². The molecule has 0 radical (unpaired) electrons. The Hall–Kier alpha value is -1.09. The number of carboxylic acid groups (broad SMARTS) is 1. The minimum Gasteiger partial charge on any atom is -0.478 e. The summed E-state index contributed by atoms with van der Waals surface area (Å²) >= 11 is 0. The van der Waals surface area contributed by atoms with Crippen LogP contribution in [-0.2, 0) is 6.04 Å². The molecule has 0 bridgehead atoms. The van der Waals surface area contributed by atoms with E-state index in [9.17, 15) is 4.79 Å². The third-order valence-corrected chi connectivity index (χ3v) is 2.39. The molecule has 0 heterocycles. The molecule has 1 N–H and O–H groups in total. The Morgan fingerprint density at radius 3 is 2.55 bits per heavy atom. The first-order valence-corrected chi connectivity index (χ1v) is 4.98. The molecular weight excluding hydrogens is 156 g/mol. The molecule has 0 spiro atoms. The number of hydrogen-bond donors (Lipinski definition) is 1. The Kier molecular flexibility index (Phi) is 2.43. The standard InChI is InChI=1S/C8H10O2Si/c9-8(10)7-4-2-1-3-6(7)5-11/h1-4H,5H2,11H3,(H,9,10). The van der Waals surface area contributed by atoms with Crippen molar-refractivity contribution in [2.24, 2.45) is 0 Å². The van der Waals surface area contributed by atoms with Crippen molar-refractivity contribution in [3.05, 3.63) is 35.4 Å². The van der Waals surface area contributed by atoms with E-state index in [1.165, 1.54) is 0 Å². The molecule has 0 aromatic heterocycles. The van der Waals surface area contributed by atoms with E-state index in [0.717, 1.165) is 21.9 Å². The van der Waals surface area contributed by atoms with Crippen LogP contribution in [0.5, 0.6) is 0 Å². The van der Waals surface area contributed by atoms with E-state index in [1.54, 1.807) is 12.1 Å². The summed E-state index contributed by atoms with van der Waals surface area (Å²) in [6, 6.07) is 8.05. The topological polar surface area (TPSA) is 37.3 Å². The summed E-state index contributed by atoms with van der Waals surface area (Å²) in [4.78, 5) is 10.6. The minimum atomic E-state index is -0.823. The summed E-state index contributed by atoms with van der Waals surface area (Å²) < 4.78 is 0. The van der Waals surface area contributed by atoms with Crippen LogP contribution in [0.2, 0.25) is 0 Å². The molecule has 2 nitrogen and oxygen atoms in total. The van der Waals surface area contributed by atoms with Gasteiger partial charge in [0.25, 0.3) is 0 Å². The summed E-state index contributed by atoms with van der Waals surface area (Å²) in [5, 5.41) is 8.71. The highest BCUT2D eigenvalue weighted by atomic mass is 28.1. The first-order valence-electron chi connectivity index (χ1n) is 3.57. The van der Waals surface area contributed by atoms with E-state index >= 15 is 0 Å². The molecule has 0 atom stereocenters. The van der Waals surface area contributed by atoms with Crippen LogP contribution >= 0.6 is 0 Å². The van der Waals surface area contributed by atoms with Gasteiger partial charge in [-0.25, -0.2) is 4.79 Å². The van der Waals surface area contributed by atoms with Crippen LogP contribution in [0.25, 0.3) is 0 Å². The molecule has 0 aliphatic carbocycles. The molecule has 1 rings (SSSR count). The number of hydrogen-bond acceptors (Lipinski definition) is 1. The smallest absolute Gasteiger partial charge is 0.335 e. The number of carboxylic acids is 1. The highest BCUT2D eigenvalue weighted by Crippen LogP contribution is 2.07. The molecule has 0 fully saturated rings. The Morgan fingerprint density at radius 1 is 1.45 bits per heavy atom. The number of rotatable bonds is 2. The first kappa shape index (κ1) is 8.01. The third-order valence-electron chi connectivity index (χ3n) is 1.63. The lowest BCUT2D eigenvalue weighted by atomic mass is 10.1. The van der Waals surface area contributed by atoms with E-state index in [0.29, 0.717) is 5.56 Å². The molecule has 0 unspecified atom stereocenters. The molecule has 1 aromatic carbocycles. The maximum Gasteiger partial charge on any atom is 0.335 e. The summed E-state index contributed by atoms with van der Waals surface area (Å²) in [5.41, 5.74) is 1.40. The Bertz CT molecular complexity index is 271. The quantitative estimate of drug-likeness (QED) is 0.639. The molecular formula is C8H10O2Si. The van der Waals surface area contributed by atoms with Crippen molar-refractivity contribution in [3.63, 3.8) is 0 Å². The molecule has 0 aliphatic rings. The summed E-state index contributed by atoms with van der Waals surface area (Å²) in [7, 11) is 1.01. The summed E-state index contributed by atoms with van der Waals surface area (Å²) in [6.45, 7) is 0. The van der Waals surface area contributed by atoms with Crippen LogP contribution in [0.15, 0.2) is 24.3 Å². The Balaban J connectivity index is 3.12. The van der Waals surface area contributed by atoms with Crippen molar-refractivity contribution in [2.45, 2.75) is 6.04 Å². The largest absolute Gasteiger partial charge is 0.478 e. The first-order chi connectivity index (χ1) is 5.25. The van der Waals surface area contributed by atoms with E-state index in [1.807, 2.05) is 12.1 Å². The lowest BCUT2D eigenvalue weighted by Crippen LogP contribution is -2.01. The number of benzene rings is 1. The highest BCUT2D eigenvalue weighted by molar-refractivity contribution is 6.09. The zero-order chi connectivity index (χ0) is 8.27. The molecule has 3 heteroatoms. The van der Waals surface area contributed by atoms with Gasteiger partial charge in [0.15, 0.2) is 0 Å². The fraction of sp³-hybridized carbons (Fsp3) is 0.125. The molecule has 1 aromatic rings. The summed E-state index contributed by atoms with van der Waals surface area (Å²) in [6.07, 6.45) is 0. The predicted octanol–water partition coefficient (Wildman–Crippen LogP) is 0.250. The maximum atomic E-state index is 10.6. The molecule has 11 heavy (non-hydrogen) atoms. The number of aromatic carboxylic acids is 1. The molecule has 0 saturated carbocycles. The van der Waals surface area contributed by atoms with Gasteiger partial charge in [-0.3, -0.25) is 0 Å². The minimum absolute atomic E-state index is 0.447. The van der Waals surface area contributed by atoms with Crippen LogP contribution in [-0.4, -0.2) is 21.3 Å². The molecule has 0 saturated heterocycles. The predicted molar refractivity (Wildman–Crippen MR) is 47.0 cm³/mol. The zero-order valence-corrected chi connectivity index (χ0v) is 8.37. The molecule has 0 amide bonds. The van der Waals surface area contributed by atoms with E-state index < -0.39 is 5.97 Å². The van der Waals surface area contributed by atoms with Crippen LogP contribution in [0.4, 0.5) is 0 Å². The van der Waals surface area contributed by atoms with Gasteiger partial charge < -0.3 is 5.11 Å². The average Bonchev–Trinajstić information content (AvgIpc) is 2.04. The van der Waals surface area contributed by atoms with Crippen LogP contribution in [0.3, 0.4) is 0 Å². The number of carbonyl (C=O) groups is 1. The zero-order valence-electron chi connectivity index (χ0n) is 6.37. The SMILES string of the molecule is O=C(O)c1ccccc1C[SiH3]. The van der Waals surface area contributed by atoms with Crippen LogP contribution < -0.4 is 0 Å². The van der Waals surface area contributed by atoms with Crippen molar-refractivity contribution in [1.29, 1.82) is 0 Å². The molecule has 58 valence electrons. The van der Waals surface area contributed by atoms with Crippen molar-refractivity contribution in [1.82, 2.24) is 0 Å². The van der Waals surface area contributed by atoms with E-state index in [4.69, 9.17) is 5.11 Å². The van der Waals surface area contributed by atoms with Gasteiger partial charge in [-0.1, -0.05) is 18.2 Å². The van der Waals surface area contributed by atoms with Gasteiger partial charge in [0.1, 0.15) is 0 Å². The van der Waals surface area contributed by atoms with Crippen molar-refractivity contribution >= 4 is 16.2 Å². The fourth-order valence-corrected chi connectivity index (χ4v) is 1.65. The molecule has 0 aliphatic heterocycles. The average molecular weight is 166 g/mol. The second kappa shape index (κ2) is 3.34. The normalized spacial score (nSPS) is 9.82.